The lowest BCUT2D eigenvalue weighted by Gasteiger charge is -2.21. The van der Waals surface area contributed by atoms with Gasteiger partial charge in [0.25, 0.3) is 0 Å². The van der Waals surface area contributed by atoms with E-state index in [4.69, 9.17) is 28.9 Å². The van der Waals surface area contributed by atoms with Crippen LogP contribution in [0.1, 0.15) is 39.1 Å². The quantitative estimate of drug-likeness (QED) is 0.152. The molecule has 0 N–H and O–H groups in total. The number of aromatic nitrogens is 2. The largest absolute Gasteiger partial charge is 0.465 e. The van der Waals surface area contributed by atoms with E-state index in [1.165, 1.54) is 0 Å². The van der Waals surface area contributed by atoms with E-state index in [9.17, 15) is 19.2 Å². The Morgan fingerprint density at radius 3 is 1.09 bits per heavy atom. The Balaban J connectivity index is 0.00000474. The van der Waals surface area contributed by atoms with E-state index in [0.717, 1.165) is 0 Å². The van der Waals surface area contributed by atoms with Crippen LogP contribution in [0.5, 0.6) is 0 Å². The van der Waals surface area contributed by atoms with Crippen molar-refractivity contribution in [3.05, 3.63) is 44.6 Å². The summed E-state index contributed by atoms with van der Waals surface area (Å²) in [7, 11) is 0. The van der Waals surface area contributed by atoms with Crippen molar-refractivity contribution in [1.29, 1.82) is 0 Å². The zero-order valence-electron chi connectivity index (χ0n) is 24.9. The predicted molar refractivity (Wildman–Crippen MR) is 178 cm³/mol. The van der Waals surface area contributed by atoms with E-state index in [1.54, 1.807) is 61.8 Å². The summed E-state index contributed by atoms with van der Waals surface area (Å²) in [5, 5.41) is 0. The highest BCUT2D eigenvalue weighted by Gasteiger charge is 2.20. The summed E-state index contributed by atoms with van der Waals surface area (Å²) in [5.74, 6) is -1.87. The molecular formula is C28H36Br4N4O8. The van der Waals surface area contributed by atoms with Gasteiger partial charge in [-0.15, -0.1) is 0 Å². The van der Waals surface area contributed by atoms with Crippen molar-refractivity contribution in [3.63, 3.8) is 0 Å². The Morgan fingerprint density at radius 2 is 0.841 bits per heavy atom. The second-order valence-electron chi connectivity index (χ2n) is 8.83. The molecule has 0 radical (unpaired) electrons. The zero-order chi connectivity index (χ0) is 33.1. The summed E-state index contributed by atoms with van der Waals surface area (Å²) in [4.78, 5) is 61.4. The van der Waals surface area contributed by atoms with Gasteiger partial charge in [0, 0.05) is 50.3 Å². The number of halogens is 4. The van der Waals surface area contributed by atoms with E-state index >= 15 is 0 Å². The SMILES string of the molecule is BrBr.CCOC(=O)CN(CC(=O)OCC)Cc1cc(Br)cc(-c2cc(Br)cc(CN(CC(=O)OCC)CC(=O)OCC)n2)n1. The maximum atomic E-state index is 12.2. The molecule has 0 fully saturated rings. The van der Waals surface area contributed by atoms with Gasteiger partial charge >= 0.3 is 23.9 Å². The van der Waals surface area contributed by atoms with Gasteiger partial charge in [0.15, 0.2) is 0 Å². The Bertz CT molecular complexity index is 1100. The molecule has 0 bridgehead atoms. The van der Waals surface area contributed by atoms with Crippen molar-refractivity contribution in [2.45, 2.75) is 40.8 Å². The highest BCUT2D eigenvalue weighted by molar-refractivity contribution is 9.93. The third kappa shape index (κ3) is 15.8. The van der Waals surface area contributed by atoms with Gasteiger partial charge in [-0.1, -0.05) is 31.9 Å². The molecule has 0 saturated carbocycles. The number of carbonyl (C=O) groups excluding carboxylic acids is 4. The highest BCUT2D eigenvalue weighted by atomic mass is 80.9. The standard InChI is InChI=1S/C28H36Br2N4O8.Br2/c1-5-39-25(35)15-33(16-26(36)40-6-2)13-21-9-19(29)11-23(31-21)24-12-20(30)10-22(32-24)14-34(17-27(37)41-7-3)18-28(38)42-8-4;1-2/h9-12H,5-8,13-18H2,1-4H3;. The number of rotatable bonds is 17. The fraction of sp³-hybridized carbons (Fsp3) is 0.500. The summed E-state index contributed by atoms with van der Waals surface area (Å²) >= 11 is 12.5. The van der Waals surface area contributed by atoms with Crippen molar-refractivity contribution in [3.8, 4) is 11.4 Å². The lowest BCUT2D eigenvalue weighted by Crippen LogP contribution is -2.36. The molecule has 2 heterocycles. The summed E-state index contributed by atoms with van der Waals surface area (Å²) in [6.07, 6.45) is 0. The summed E-state index contributed by atoms with van der Waals surface area (Å²) in [6, 6.07) is 7.15. The van der Waals surface area contributed by atoms with Gasteiger partial charge in [0.2, 0.25) is 0 Å². The Kier molecular flexibility index (Phi) is 20.5. The number of hydrogen-bond donors (Lipinski definition) is 0. The fourth-order valence-electron chi connectivity index (χ4n) is 3.88. The average molecular weight is 876 g/mol. The molecule has 2 aromatic rings. The zero-order valence-corrected chi connectivity index (χ0v) is 31.3. The number of esters is 4. The number of hydrogen-bond acceptors (Lipinski definition) is 12. The first-order valence-electron chi connectivity index (χ1n) is 13.6. The van der Waals surface area contributed by atoms with Crippen LogP contribution in [-0.4, -0.2) is 96.3 Å². The Morgan fingerprint density at radius 1 is 0.568 bits per heavy atom. The smallest absolute Gasteiger partial charge is 0.320 e. The van der Waals surface area contributed by atoms with E-state index in [1.807, 2.05) is 0 Å². The second kappa shape index (κ2) is 22.5. The third-order valence-electron chi connectivity index (χ3n) is 5.35. The van der Waals surface area contributed by atoms with E-state index in [0.29, 0.717) is 31.7 Å². The van der Waals surface area contributed by atoms with Crippen molar-refractivity contribution < 1.29 is 38.1 Å². The Hall–Kier alpha value is -1.98. The first kappa shape index (κ1) is 40.0. The molecule has 0 unspecified atom stereocenters. The first-order valence-corrected chi connectivity index (χ1v) is 18.9. The van der Waals surface area contributed by atoms with Crippen LogP contribution in [0.2, 0.25) is 0 Å². The van der Waals surface area contributed by atoms with Gasteiger partial charge in [0.1, 0.15) is 0 Å². The van der Waals surface area contributed by atoms with Gasteiger partial charge in [0.05, 0.1) is 75.4 Å². The van der Waals surface area contributed by atoms with Crippen LogP contribution in [0.25, 0.3) is 11.4 Å². The van der Waals surface area contributed by atoms with Crippen molar-refractivity contribution in [2.75, 3.05) is 52.6 Å². The van der Waals surface area contributed by atoms with Gasteiger partial charge in [-0.25, -0.2) is 9.97 Å². The molecule has 2 rings (SSSR count). The van der Waals surface area contributed by atoms with Crippen LogP contribution in [0.15, 0.2) is 33.2 Å². The van der Waals surface area contributed by atoms with Gasteiger partial charge in [-0.05, 0) is 52.0 Å². The molecule has 16 heteroatoms. The van der Waals surface area contributed by atoms with Crippen molar-refractivity contribution in [2.24, 2.45) is 0 Å². The molecule has 0 aliphatic heterocycles. The van der Waals surface area contributed by atoms with Crippen LogP contribution in [-0.2, 0) is 51.2 Å². The van der Waals surface area contributed by atoms with Crippen LogP contribution >= 0.6 is 60.1 Å². The van der Waals surface area contributed by atoms with E-state index < -0.39 is 23.9 Å². The van der Waals surface area contributed by atoms with Crippen LogP contribution in [0.3, 0.4) is 0 Å². The first-order chi connectivity index (χ1) is 21.1. The van der Waals surface area contributed by atoms with Gasteiger partial charge < -0.3 is 18.9 Å². The number of carbonyl (C=O) groups is 4. The fourth-order valence-corrected chi connectivity index (χ4v) is 4.84. The maximum Gasteiger partial charge on any atom is 0.320 e. The molecule has 2 aromatic heterocycles. The molecule has 0 aromatic carbocycles. The Labute approximate surface area is 289 Å². The predicted octanol–water partition coefficient (Wildman–Crippen LogP) is 5.22. The van der Waals surface area contributed by atoms with Crippen LogP contribution in [0.4, 0.5) is 0 Å². The molecule has 0 spiro atoms. The molecule has 12 nitrogen and oxygen atoms in total. The minimum absolute atomic E-state index is 0.119. The minimum Gasteiger partial charge on any atom is -0.465 e. The molecule has 244 valence electrons. The summed E-state index contributed by atoms with van der Waals surface area (Å²) < 4.78 is 21.7. The molecular weight excluding hydrogens is 840 g/mol. The summed E-state index contributed by atoms with van der Waals surface area (Å²) in [5.41, 5.74) is 2.19. The second-order valence-corrected chi connectivity index (χ2v) is 10.7. The number of ether oxygens (including phenoxy) is 4. The molecule has 0 atom stereocenters. The third-order valence-corrected chi connectivity index (χ3v) is 6.27. The van der Waals surface area contributed by atoms with E-state index in [-0.39, 0.29) is 65.7 Å². The lowest BCUT2D eigenvalue weighted by atomic mass is 10.2. The minimum atomic E-state index is -0.467. The summed E-state index contributed by atoms with van der Waals surface area (Å²) in [6.45, 7) is 7.58. The molecule has 0 amide bonds. The van der Waals surface area contributed by atoms with Gasteiger partial charge in [-0.3, -0.25) is 29.0 Å². The number of nitrogens with zero attached hydrogens (tertiary/aromatic N) is 4. The van der Waals surface area contributed by atoms with Crippen LogP contribution in [0, 0.1) is 0 Å². The maximum absolute atomic E-state index is 12.2. The molecule has 0 aliphatic rings. The lowest BCUT2D eigenvalue weighted by molar-refractivity contribution is -0.150. The normalized spacial score (nSPS) is 10.6. The van der Waals surface area contributed by atoms with Crippen molar-refractivity contribution in [1.82, 2.24) is 19.8 Å². The van der Waals surface area contributed by atoms with Gasteiger partial charge in [-0.2, -0.15) is 0 Å². The monoisotopic (exact) mass is 872 g/mol. The van der Waals surface area contributed by atoms with Crippen molar-refractivity contribution >= 4 is 84.0 Å². The van der Waals surface area contributed by atoms with Crippen LogP contribution < -0.4 is 0 Å². The molecule has 0 saturated heterocycles. The molecule has 0 aliphatic carbocycles. The highest BCUT2D eigenvalue weighted by Crippen LogP contribution is 2.25. The van der Waals surface area contributed by atoms with E-state index in [2.05, 4.69) is 60.1 Å². The average Bonchev–Trinajstić information content (AvgIpc) is 2.94. The molecule has 44 heavy (non-hydrogen) atoms. The number of pyridine rings is 2. The topological polar surface area (TPSA) is 137 Å².